The van der Waals surface area contributed by atoms with E-state index in [1.54, 1.807) is 17.0 Å². The standard InChI is InChI=1S/C25H18N6O4/c1-11(32)27-21-22(31-8-9-31)23(33)13-6-7-16(29-19(13)24(21)34)20-18-14(10-17(30-20)25(26)35)12-4-2-3-5-15(12)28-18/h2-7,10,28H,8-9H2,1H3,(H2,26,35)(H,27,32). The summed E-state index contributed by atoms with van der Waals surface area (Å²) in [6.07, 6.45) is 0. The van der Waals surface area contributed by atoms with Crippen LogP contribution in [0.2, 0.25) is 0 Å². The second-order valence-electron chi connectivity index (χ2n) is 8.46. The number of primary amides is 1. The minimum absolute atomic E-state index is 0.0434. The topological polar surface area (TPSA) is 151 Å². The van der Waals surface area contributed by atoms with E-state index in [-0.39, 0.29) is 39.8 Å². The molecule has 10 nitrogen and oxygen atoms in total. The summed E-state index contributed by atoms with van der Waals surface area (Å²) in [4.78, 5) is 64.4. The van der Waals surface area contributed by atoms with E-state index in [2.05, 4.69) is 20.3 Å². The summed E-state index contributed by atoms with van der Waals surface area (Å²) in [7, 11) is 0. The van der Waals surface area contributed by atoms with E-state index < -0.39 is 17.6 Å². The van der Waals surface area contributed by atoms with E-state index in [0.29, 0.717) is 24.3 Å². The number of Topliss-reactive ketones (excluding diaryl/α,β-unsaturated/α-hetero) is 2. The molecule has 0 atom stereocenters. The second kappa shape index (κ2) is 7.32. The first-order chi connectivity index (χ1) is 16.8. The van der Waals surface area contributed by atoms with Crippen molar-refractivity contribution in [1.29, 1.82) is 0 Å². The fourth-order valence-corrected chi connectivity index (χ4v) is 4.44. The van der Waals surface area contributed by atoms with Crippen molar-refractivity contribution in [2.75, 3.05) is 13.1 Å². The van der Waals surface area contributed by atoms with Gasteiger partial charge in [0.15, 0.2) is 0 Å². The van der Waals surface area contributed by atoms with E-state index in [1.807, 2.05) is 24.3 Å². The van der Waals surface area contributed by atoms with Crippen LogP contribution in [-0.2, 0) is 4.79 Å². The zero-order valence-electron chi connectivity index (χ0n) is 18.5. The largest absolute Gasteiger partial charge is 0.364 e. The maximum absolute atomic E-state index is 13.4. The van der Waals surface area contributed by atoms with Gasteiger partial charge in [-0.1, -0.05) is 18.2 Å². The van der Waals surface area contributed by atoms with Gasteiger partial charge in [-0.05, 0) is 24.3 Å². The van der Waals surface area contributed by atoms with E-state index in [4.69, 9.17) is 5.73 Å². The van der Waals surface area contributed by atoms with Gasteiger partial charge in [0.1, 0.15) is 28.5 Å². The van der Waals surface area contributed by atoms with Gasteiger partial charge in [0, 0.05) is 36.3 Å². The van der Waals surface area contributed by atoms with Crippen LogP contribution in [0.1, 0.15) is 38.3 Å². The van der Waals surface area contributed by atoms with Gasteiger partial charge < -0.3 is 20.9 Å². The van der Waals surface area contributed by atoms with Gasteiger partial charge in [-0.3, -0.25) is 19.2 Å². The van der Waals surface area contributed by atoms with Crippen molar-refractivity contribution in [3.8, 4) is 11.4 Å². The highest BCUT2D eigenvalue weighted by Crippen LogP contribution is 2.34. The number of pyridine rings is 2. The molecule has 4 N–H and O–H groups in total. The van der Waals surface area contributed by atoms with E-state index >= 15 is 0 Å². The molecule has 1 aliphatic carbocycles. The number of nitrogens with two attached hydrogens (primary N) is 1. The molecule has 172 valence electrons. The molecule has 2 aliphatic rings. The third-order valence-electron chi connectivity index (χ3n) is 6.09. The molecule has 0 spiro atoms. The molecule has 1 aliphatic heterocycles. The molecule has 1 aromatic carbocycles. The Bertz CT molecular complexity index is 1680. The number of carbonyl (C=O) groups is 4. The number of aromatic nitrogens is 3. The van der Waals surface area contributed by atoms with Crippen LogP contribution >= 0.6 is 0 Å². The lowest BCUT2D eigenvalue weighted by molar-refractivity contribution is -0.118. The quantitative estimate of drug-likeness (QED) is 0.389. The van der Waals surface area contributed by atoms with Gasteiger partial charge in [-0.2, -0.15) is 0 Å². The van der Waals surface area contributed by atoms with E-state index in [9.17, 15) is 19.2 Å². The Morgan fingerprint density at radius 2 is 1.77 bits per heavy atom. The lowest BCUT2D eigenvalue weighted by Gasteiger charge is -2.21. The Balaban J connectivity index is 1.57. The lowest BCUT2D eigenvalue weighted by Crippen LogP contribution is -2.35. The number of allylic oxidation sites excluding steroid dienone is 2. The molecule has 0 radical (unpaired) electrons. The number of hydrogen-bond acceptors (Lipinski definition) is 7. The van der Waals surface area contributed by atoms with Crippen LogP contribution in [0.15, 0.2) is 53.9 Å². The molecular formula is C25H18N6O4. The second-order valence-corrected chi connectivity index (χ2v) is 8.46. The third-order valence-corrected chi connectivity index (χ3v) is 6.09. The number of aromatic amines is 1. The first kappa shape index (κ1) is 20.7. The summed E-state index contributed by atoms with van der Waals surface area (Å²) in [6, 6.07) is 12.3. The van der Waals surface area contributed by atoms with Crippen molar-refractivity contribution in [3.05, 3.63) is 70.8 Å². The van der Waals surface area contributed by atoms with Gasteiger partial charge in [0.2, 0.25) is 17.5 Å². The number of benzene rings is 1. The average Bonchev–Trinajstić information content (AvgIpc) is 3.60. The molecule has 6 rings (SSSR count). The number of H-pyrrole nitrogens is 1. The number of para-hydroxylation sites is 1. The van der Waals surface area contributed by atoms with Crippen molar-refractivity contribution in [2.24, 2.45) is 5.73 Å². The predicted octanol–water partition coefficient (Wildman–Crippen LogP) is 1.92. The summed E-state index contributed by atoms with van der Waals surface area (Å²) in [6.45, 7) is 2.52. The lowest BCUT2D eigenvalue weighted by atomic mass is 9.93. The summed E-state index contributed by atoms with van der Waals surface area (Å²) >= 11 is 0. The summed E-state index contributed by atoms with van der Waals surface area (Å²) in [5.41, 5.74) is 7.79. The number of hydrogen-bond donors (Lipinski definition) is 3. The molecule has 0 bridgehead atoms. The Morgan fingerprint density at radius 3 is 2.49 bits per heavy atom. The molecule has 0 unspecified atom stereocenters. The van der Waals surface area contributed by atoms with Crippen molar-refractivity contribution in [2.45, 2.75) is 6.92 Å². The fourth-order valence-electron chi connectivity index (χ4n) is 4.44. The van der Waals surface area contributed by atoms with Crippen LogP contribution in [0.25, 0.3) is 33.2 Å². The smallest absolute Gasteiger partial charge is 0.267 e. The monoisotopic (exact) mass is 466 g/mol. The zero-order valence-corrected chi connectivity index (χ0v) is 18.5. The van der Waals surface area contributed by atoms with E-state index in [0.717, 1.165) is 16.3 Å². The maximum Gasteiger partial charge on any atom is 0.267 e. The molecule has 1 fully saturated rings. The number of fused-ring (bicyclic) bond motifs is 4. The predicted molar refractivity (Wildman–Crippen MR) is 126 cm³/mol. The number of nitrogens with one attached hydrogen (secondary N) is 2. The highest BCUT2D eigenvalue weighted by molar-refractivity contribution is 6.26. The number of amides is 2. The molecule has 4 aromatic rings. The van der Waals surface area contributed by atoms with Crippen molar-refractivity contribution < 1.29 is 19.2 Å². The normalized spacial score (nSPS) is 15.1. The molecule has 4 heterocycles. The Hall–Kier alpha value is -4.86. The minimum Gasteiger partial charge on any atom is -0.364 e. The molecule has 1 saturated heterocycles. The molecule has 35 heavy (non-hydrogen) atoms. The number of nitrogens with zero attached hydrogens (tertiary/aromatic N) is 3. The Morgan fingerprint density at radius 1 is 1.00 bits per heavy atom. The van der Waals surface area contributed by atoms with E-state index in [1.165, 1.54) is 13.0 Å². The van der Waals surface area contributed by atoms with Crippen molar-refractivity contribution >= 4 is 45.2 Å². The number of rotatable bonds is 4. The van der Waals surface area contributed by atoms with Gasteiger partial charge >= 0.3 is 0 Å². The third kappa shape index (κ3) is 3.18. The summed E-state index contributed by atoms with van der Waals surface area (Å²) in [5, 5.41) is 4.11. The fraction of sp³-hybridized carbons (Fsp3) is 0.120. The average molecular weight is 466 g/mol. The SMILES string of the molecule is CC(=O)NC1=C(N2CC2)C(=O)c2ccc(-c3nc(C(N)=O)cc4c3[nH]c3ccccc34)nc2C1=O. The molecule has 3 aromatic heterocycles. The van der Waals surface area contributed by atoms with Gasteiger partial charge in [0.05, 0.1) is 16.8 Å². The van der Waals surface area contributed by atoms with Crippen LogP contribution in [0.3, 0.4) is 0 Å². The van der Waals surface area contributed by atoms with Crippen LogP contribution in [0, 0.1) is 0 Å². The molecular weight excluding hydrogens is 448 g/mol. The van der Waals surface area contributed by atoms with Gasteiger partial charge in [-0.15, -0.1) is 0 Å². The zero-order chi connectivity index (χ0) is 24.4. The Kier molecular flexibility index (Phi) is 4.34. The first-order valence-electron chi connectivity index (χ1n) is 10.9. The van der Waals surface area contributed by atoms with Crippen LogP contribution in [0.4, 0.5) is 0 Å². The molecule has 0 saturated carbocycles. The number of carbonyl (C=O) groups excluding carboxylic acids is 4. The highest BCUT2D eigenvalue weighted by Gasteiger charge is 2.40. The maximum atomic E-state index is 13.4. The molecule has 2 amide bonds. The van der Waals surface area contributed by atoms with Gasteiger partial charge in [-0.25, -0.2) is 9.97 Å². The van der Waals surface area contributed by atoms with Crippen LogP contribution in [-0.4, -0.2) is 56.3 Å². The first-order valence-corrected chi connectivity index (χ1v) is 10.9. The Labute approximate surface area is 197 Å². The van der Waals surface area contributed by atoms with Crippen molar-refractivity contribution in [1.82, 2.24) is 25.2 Å². The highest BCUT2D eigenvalue weighted by atomic mass is 16.2. The van der Waals surface area contributed by atoms with Gasteiger partial charge in [0.25, 0.3) is 5.91 Å². The minimum atomic E-state index is -0.707. The van der Waals surface area contributed by atoms with Crippen molar-refractivity contribution in [3.63, 3.8) is 0 Å². The van der Waals surface area contributed by atoms with Crippen LogP contribution in [0.5, 0.6) is 0 Å². The number of ketones is 2. The summed E-state index contributed by atoms with van der Waals surface area (Å²) in [5.74, 6) is -2.11. The summed E-state index contributed by atoms with van der Waals surface area (Å²) < 4.78 is 0. The molecule has 10 heteroatoms. The van der Waals surface area contributed by atoms with Crippen LogP contribution < -0.4 is 11.1 Å².